The number of aliphatic hydroxyl groups excluding tert-OH is 1. The van der Waals surface area contributed by atoms with Gasteiger partial charge in [-0.3, -0.25) is 19.5 Å². The lowest BCUT2D eigenvalue weighted by Crippen LogP contribution is -2.52. The van der Waals surface area contributed by atoms with E-state index in [4.69, 9.17) is 16.7 Å². The number of nitrogens with zero attached hydrogens (tertiary/aromatic N) is 4. The van der Waals surface area contributed by atoms with E-state index in [1.54, 1.807) is 4.90 Å². The minimum Gasteiger partial charge on any atom is -0.384 e. The zero-order chi connectivity index (χ0) is 32.8. The van der Waals surface area contributed by atoms with Crippen LogP contribution in [0.15, 0.2) is 24.4 Å². The standard InChI is InChI=1S/C30H32ClF3N8O4/c31-23-16-19(4-5-21(23)29(46)42-12-10-41(11-13-42)28(45)18-6-8-35-9-7-18)38-27(44)26-36-17-20(37-26)15-22-24(3-1-2-14-43)39-40-25(22)30(32,33)34/h4-5,16-18,35,43H,3,6-15H2,(H,36,37)(H,38,44)(H,39,40). The number of aromatic amines is 2. The molecule has 3 aromatic rings. The van der Waals surface area contributed by atoms with Crippen LogP contribution in [0.1, 0.15) is 56.5 Å². The average molecular weight is 661 g/mol. The van der Waals surface area contributed by atoms with Gasteiger partial charge in [-0.25, -0.2) is 4.98 Å². The number of H-pyrrole nitrogens is 2. The molecule has 16 heteroatoms. The van der Waals surface area contributed by atoms with Gasteiger partial charge in [-0.1, -0.05) is 23.4 Å². The number of piperazine rings is 1. The zero-order valence-corrected chi connectivity index (χ0v) is 25.4. The fourth-order valence-electron chi connectivity index (χ4n) is 5.52. The summed E-state index contributed by atoms with van der Waals surface area (Å²) in [6.07, 6.45) is -2.19. The number of hydrogen-bond donors (Lipinski definition) is 5. The van der Waals surface area contributed by atoms with E-state index < -0.39 is 24.4 Å². The molecule has 1 aromatic carbocycles. The fourth-order valence-corrected chi connectivity index (χ4v) is 5.78. The first kappa shape index (κ1) is 33.0. The first-order chi connectivity index (χ1) is 22.0. The molecule has 0 spiro atoms. The van der Waals surface area contributed by atoms with Gasteiger partial charge >= 0.3 is 6.18 Å². The van der Waals surface area contributed by atoms with Crippen LogP contribution in [0, 0.1) is 17.8 Å². The third-order valence-electron chi connectivity index (χ3n) is 7.93. The quantitative estimate of drug-likeness (QED) is 0.244. The molecular formula is C30H32ClF3N8O4. The molecule has 5 N–H and O–H groups in total. The number of carbonyl (C=O) groups is 3. The van der Waals surface area contributed by atoms with Gasteiger partial charge in [0, 0.05) is 61.7 Å². The SMILES string of the molecule is O=C(Nc1ccc(C(=O)N2CCN(C(=O)C3CCNCC3)CC2)c(Cl)c1)c1ncc(Cc2c(C(F)(F)F)n[nH]c2CC#CCO)[nH]1. The van der Waals surface area contributed by atoms with Crippen LogP contribution in [0.3, 0.4) is 0 Å². The number of nitrogens with one attached hydrogen (secondary N) is 4. The number of anilines is 1. The number of amides is 3. The third-order valence-corrected chi connectivity index (χ3v) is 8.24. The highest BCUT2D eigenvalue weighted by atomic mass is 35.5. The van der Waals surface area contributed by atoms with E-state index in [1.807, 2.05) is 4.90 Å². The van der Waals surface area contributed by atoms with Crippen molar-refractivity contribution in [3.63, 3.8) is 0 Å². The van der Waals surface area contributed by atoms with Crippen LogP contribution in [0.25, 0.3) is 0 Å². The average Bonchev–Trinajstić information content (AvgIpc) is 3.69. The minimum atomic E-state index is -4.72. The number of benzene rings is 1. The third kappa shape index (κ3) is 7.69. The molecule has 5 rings (SSSR count). The van der Waals surface area contributed by atoms with E-state index >= 15 is 0 Å². The predicted molar refractivity (Wildman–Crippen MR) is 161 cm³/mol. The molecule has 2 fully saturated rings. The minimum absolute atomic E-state index is 0.0168. The zero-order valence-electron chi connectivity index (χ0n) is 24.6. The van der Waals surface area contributed by atoms with Crippen molar-refractivity contribution in [2.75, 3.05) is 51.2 Å². The summed E-state index contributed by atoms with van der Waals surface area (Å²) in [5.74, 6) is 3.99. The number of rotatable bonds is 7. The molecule has 0 saturated carbocycles. The topological polar surface area (TPSA) is 159 Å². The molecule has 0 unspecified atom stereocenters. The summed E-state index contributed by atoms with van der Waals surface area (Å²) in [6, 6.07) is 4.44. The fraction of sp³-hybridized carbons (Fsp3) is 0.433. The maximum atomic E-state index is 13.6. The lowest BCUT2D eigenvalue weighted by atomic mass is 9.96. The van der Waals surface area contributed by atoms with Crippen molar-refractivity contribution in [1.29, 1.82) is 0 Å². The van der Waals surface area contributed by atoms with Gasteiger partial charge in [0.05, 0.1) is 22.7 Å². The summed E-state index contributed by atoms with van der Waals surface area (Å²) in [5.41, 5.74) is -0.377. The van der Waals surface area contributed by atoms with E-state index in [-0.39, 0.29) is 69.6 Å². The van der Waals surface area contributed by atoms with E-state index in [1.165, 1.54) is 24.4 Å². The Kier molecular flexibility index (Phi) is 10.3. The van der Waals surface area contributed by atoms with Crippen molar-refractivity contribution in [2.45, 2.75) is 31.9 Å². The van der Waals surface area contributed by atoms with Gasteiger partial charge in [0.2, 0.25) is 5.91 Å². The summed E-state index contributed by atoms with van der Waals surface area (Å²) >= 11 is 6.43. The Bertz CT molecular complexity index is 1650. The number of halogens is 4. The Morgan fingerprint density at radius 1 is 1.09 bits per heavy atom. The van der Waals surface area contributed by atoms with Gasteiger partial charge in [0.25, 0.3) is 11.8 Å². The first-order valence-corrected chi connectivity index (χ1v) is 15.1. The highest BCUT2D eigenvalue weighted by molar-refractivity contribution is 6.34. The van der Waals surface area contributed by atoms with Crippen LogP contribution in [0.5, 0.6) is 0 Å². The Morgan fingerprint density at radius 2 is 1.80 bits per heavy atom. The van der Waals surface area contributed by atoms with Gasteiger partial charge in [-0.2, -0.15) is 18.3 Å². The van der Waals surface area contributed by atoms with Crippen molar-refractivity contribution in [3.8, 4) is 11.8 Å². The second-order valence-electron chi connectivity index (χ2n) is 10.9. The molecule has 244 valence electrons. The lowest BCUT2D eigenvalue weighted by Gasteiger charge is -2.37. The molecule has 2 aliphatic heterocycles. The van der Waals surface area contributed by atoms with Crippen molar-refractivity contribution in [3.05, 3.63) is 63.5 Å². The maximum Gasteiger partial charge on any atom is 0.435 e. The van der Waals surface area contributed by atoms with Crippen molar-refractivity contribution < 1.29 is 32.7 Å². The van der Waals surface area contributed by atoms with Gasteiger partial charge in [0.15, 0.2) is 11.5 Å². The highest BCUT2D eigenvalue weighted by Crippen LogP contribution is 2.33. The van der Waals surface area contributed by atoms with E-state index in [0.29, 0.717) is 26.2 Å². The van der Waals surface area contributed by atoms with Crippen molar-refractivity contribution >= 4 is 35.0 Å². The van der Waals surface area contributed by atoms with Crippen LogP contribution in [-0.4, -0.2) is 98.7 Å². The Morgan fingerprint density at radius 3 is 2.48 bits per heavy atom. The number of aromatic nitrogens is 4. The van der Waals surface area contributed by atoms with Crippen molar-refractivity contribution in [1.82, 2.24) is 35.3 Å². The number of carbonyl (C=O) groups excluding carboxylic acids is 3. The maximum absolute atomic E-state index is 13.6. The summed E-state index contributed by atoms with van der Waals surface area (Å²) < 4.78 is 40.7. The molecule has 12 nitrogen and oxygen atoms in total. The smallest absolute Gasteiger partial charge is 0.384 e. The molecular weight excluding hydrogens is 629 g/mol. The Labute approximate surface area is 267 Å². The van der Waals surface area contributed by atoms with E-state index in [2.05, 4.69) is 42.6 Å². The summed E-state index contributed by atoms with van der Waals surface area (Å²) in [7, 11) is 0. The van der Waals surface area contributed by atoms with Crippen LogP contribution in [-0.2, 0) is 23.8 Å². The molecule has 3 amide bonds. The van der Waals surface area contributed by atoms with Crippen LogP contribution >= 0.6 is 11.6 Å². The number of alkyl halides is 3. The van der Waals surface area contributed by atoms with Crippen LogP contribution in [0.2, 0.25) is 5.02 Å². The number of aliphatic hydroxyl groups is 1. The Hall–Kier alpha value is -4.39. The number of piperidine rings is 1. The lowest BCUT2D eigenvalue weighted by molar-refractivity contribution is -0.141. The molecule has 0 radical (unpaired) electrons. The van der Waals surface area contributed by atoms with Crippen LogP contribution < -0.4 is 10.6 Å². The second kappa shape index (κ2) is 14.4. The molecule has 2 saturated heterocycles. The molecule has 4 heterocycles. The molecule has 0 bridgehead atoms. The van der Waals surface area contributed by atoms with E-state index in [0.717, 1.165) is 25.9 Å². The highest BCUT2D eigenvalue weighted by Gasteiger charge is 2.38. The summed E-state index contributed by atoms with van der Waals surface area (Å²) in [4.78, 5) is 49.1. The molecule has 0 aliphatic carbocycles. The molecule has 2 aliphatic rings. The Balaban J connectivity index is 1.19. The van der Waals surface area contributed by atoms with Crippen LogP contribution in [0.4, 0.5) is 18.9 Å². The second-order valence-corrected chi connectivity index (χ2v) is 11.3. The largest absolute Gasteiger partial charge is 0.435 e. The first-order valence-electron chi connectivity index (χ1n) is 14.7. The van der Waals surface area contributed by atoms with E-state index in [9.17, 15) is 27.6 Å². The summed E-state index contributed by atoms with van der Waals surface area (Å²) in [5, 5.41) is 20.6. The monoisotopic (exact) mass is 660 g/mol. The molecule has 0 atom stereocenters. The summed E-state index contributed by atoms with van der Waals surface area (Å²) in [6.45, 7) is 2.88. The van der Waals surface area contributed by atoms with Gasteiger partial charge in [-0.15, -0.1) is 0 Å². The van der Waals surface area contributed by atoms with Gasteiger partial charge in [-0.05, 0) is 44.1 Å². The van der Waals surface area contributed by atoms with Gasteiger partial charge < -0.3 is 30.5 Å². The normalized spacial score (nSPS) is 15.8. The number of imidazole rings is 1. The van der Waals surface area contributed by atoms with Crippen molar-refractivity contribution in [2.24, 2.45) is 5.92 Å². The predicted octanol–water partition coefficient (Wildman–Crippen LogP) is 2.47. The van der Waals surface area contributed by atoms with Gasteiger partial charge in [0.1, 0.15) is 6.61 Å². The molecule has 2 aromatic heterocycles. The molecule has 46 heavy (non-hydrogen) atoms. The number of hydrogen-bond acceptors (Lipinski definition) is 7.